The van der Waals surface area contributed by atoms with Crippen molar-refractivity contribution in [3.63, 3.8) is 0 Å². The lowest BCUT2D eigenvalue weighted by atomic mass is 10.2. The molecule has 2 aromatic carbocycles. The second kappa shape index (κ2) is 7.30. The minimum absolute atomic E-state index is 0.0315. The van der Waals surface area contributed by atoms with Crippen molar-refractivity contribution in [2.24, 2.45) is 0 Å². The van der Waals surface area contributed by atoms with Crippen LogP contribution in [0.1, 0.15) is 29.9 Å². The molecule has 0 atom stereocenters. The van der Waals surface area contributed by atoms with Crippen molar-refractivity contribution in [1.82, 2.24) is 4.98 Å². The molecule has 0 aliphatic heterocycles. The number of anilines is 1. The second-order valence-electron chi connectivity index (χ2n) is 6.12. The number of nitrogens with one attached hydrogen (secondary N) is 2. The molecule has 0 saturated heterocycles. The number of hydrogen-bond acceptors (Lipinski definition) is 4. The Kier molecular flexibility index (Phi) is 4.93. The number of rotatable bonds is 6. The maximum atomic E-state index is 11.8. The van der Waals surface area contributed by atoms with E-state index in [0.29, 0.717) is 12.2 Å². The van der Waals surface area contributed by atoms with Crippen LogP contribution in [0.4, 0.5) is 5.69 Å². The van der Waals surface area contributed by atoms with Gasteiger partial charge < -0.3 is 19.8 Å². The van der Waals surface area contributed by atoms with Gasteiger partial charge in [-0.3, -0.25) is 0 Å². The molecule has 0 aliphatic rings. The first-order valence-electron chi connectivity index (χ1n) is 8.26. The van der Waals surface area contributed by atoms with E-state index in [1.165, 1.54) is 12.7 Å². The fraction of sp³-hybridized carbons (Fsp3) is 0.250. The molecule has 0 saturated carbocycles. The Balaban J connectivity index is 1.94. The smallest absolute Gasteiger partial charge is 0.354 e. The average Bonchev–Trinajstić information content (AvgIpc) is 3.04. The van der Waals surface area contributed by atoms with Crippen molar-refractivity contribution in [2.75, 3.05) is 12.4 Å². The van der Waals surface area contributed by atoms with Crippen molar-refractivity contribution >= 4 is 22.6 Å². The maximum absolute atomic E-state index is 11.8. The summed E-state index contributed by atoms with van der Waals surface area (Å²) in [6.07, 6.45) is 0.0315. The van der Waals surface area contributed by atoms with E-state index in [2.05, 4.69) is 22.4 Å². The summed E-state index contributed by atoms with van der Waals surface area (Å²) in [4.78, 5) is 14.9. The second-order valence-corrected chi connectivity index (χ2v) is 6.12. The highest BCUT2D eigenvalue weighted by Gasteiger charge is 2.14. The van der Waals surface area contributed by atoms with Gasteiger partial charge in [0.15, 0.2) is 0 Å². The van der Waals surface area contributed by atoms with Crippen LogP contribution in [0, 0.1) is 0 Å². The SMILES string of the molecule is COC(=O)c1cc2c(OC(C)C)cc(NCc3ccccc3)cc2[nH]1. The molecule has 0 radical (unpaired) electrons. The third-order valence-electron chi connectivity index (χ3n) is 3.81. The molecule has 0 spiro atoms. The van der Waals surface area contributed by atoms with Crippen molar-refractivity contribution in [1.29, 1.82) is 0 Å². The number of fused-ring (bicyclic) bond motifs is 1. The van der Waals surface area contributed by atoms with Gasteiger partial charge in [0.05, 0.1) is 18.7 Å². The summed E-state index contributed by atoms with van der Waals surface area (Å²) in [7, 11) is 1.37. The van der Waals surface area contributed by atoms with E-state index in [1.807, 2.05) is 44.2 Å². The van der Waals surface area contributed by atoms with Gasteiger partial charge in [0, 0.05) is 23.7 Å². The van der Waals surface area contributed by atoms with Crippen LogP contribution in [0.15, 0.2) is 48.5 Å². The predicted molar refractivity (Wildman–Crippen MR) is 99.2 cm³/mol. The fourth-order valence-corrected chi connectivity index (χ4v) is 2.68. The van der Waals surface area contributed by atoms with Crippen LogP contribution in [0.2, 0.25) is 0 Å². The molecule has 25 heavy (non-hydrogen) atoms. The van der Waals surface area contributed by atoms with Gasteiger partial charge in [-0.15, -0.1) is 0 Å². The lowest BCUT2D eigenvalue weighted by Crippen LogP contribution is -2.06. The van der Waals surface area contributed by atoms with E-state index in [9.17, 15) is 4.79 Å². The van der Waals surface area contributed by atoms with Crippen molar-refractivity contribution in [3.8, 4) is 5.75 Å². The molecule has 3 rings (SSSR count). The zero-order chi connectivity index (χ0) is 17.8. The first-order chi connectivity index (χ1) is 12.1. The van der Waals surface area contributed by atoms with Gasteiger partial charge in [0.25, 0.3) is 0 Å². The van der Waals surface area contributed by atoms with Gasteiger partial charge in [-0.1, -0.05) is 30.3 Å². The molecule has 0 aliphatic carbocycles. The Bertz CT molecular complexity index is 869. The standard InChI is InChI=1S/C20H22N2O3/c1-13(2)25-19-10-15(21-12-14-7-5-4-6-8-14)9-17-16(19)11-18(22-17)20(23)24-3/h4-11,13,21-22H,12H2,1-3H3. The van der Waals surface area contributed by atoms with Crippen LogP contribution in [-0.4, -0.2) is 24.2 Å². The summed E-state index contributed by atoms with van der Waals surface area (Å²) in [5.74, 6) is 0.333. The average molecular weight is 338 g/mol. The molecule has 1 heterocycles. The van der Waals surface area contributed by atoms with E-state index in [4.69, 9.17) is 9.47 Å². The number of aromatic nitrogens is 1. The Labute approximate surface area is 147 Å². The normalized spacial score (nSPS) is 10.9. The van der Waals surface area contributed by atoms with Crippen molar-refractivity contribution < 1.29 is 14.3 Å². The quantitative estimate of drug-likeness (QED) is 0.656. The third-order valence-corrected chi connectivity index (χ3v) is 3.81. The Morgan fingerprint density at radius 1 is 1.16 bits per heavy atom. The van der Waals surface area contributed by atoms with Crippen LogP contribution in [0.5, 0.6) is 5.75 Å². The van der Waals surface area contributed by atoms with E-state index in [1.54, 1.807) is 6.07 Å². The van der Waals surface area contributed by atoms with Crippen LogP contribution in [-0.2, 0) is 11.3 Å². The number of carbonyl (C=O) groups excluding carboxylic acids is 1. The maximum Gasteiger partial charge on any atom is 0.354 e. The minimum Gasteiger partial charge on any atom is -0.490 e. The van der Waals surface area contributed by atoms with Gasteiger partial charge in [0.2, 0.25) is 0 Å². The van der Waals surface area contributed by atoms with Crippen LogP contribution in [0.3, 0.4) is 0 Å². The highest BCUT2D eigenvalue weighted by Crippen LogP contribution is 2.32. The Morgan fingerprint density at radius 3 is 2.60 bits per heavy atom. The van der Waals surface area contributed by atoms with Gasteiger partial charge in [-0.05, 0) is 31.5 Å². The number of benzene rings is 2. The van der Waals surface area contributed by atoms with Crippen molar-refractivity contribution in [3.05, 3.63) is 59.8 Å². The number of H-pyrrole nitrogens is 1. The molecule has 3 aromatic rings. The summed E-state index contributed by atoms with van der Waals surface area (Å²) in [6.45, 7) is 4.66. The van der Waals surface area contributed by atoms with Gasteiger partial charge in [-0.25, -0.2) is 4.79 Å². The number of hydrogen-bond donors (Lipinski definition) is 2. The molecule has 0 amide bonds. The van der Waals surface area contributed by atoms with E-state index in [-0.39, 0.29) is 6.10 Å². The van der Waals surface area contributed by atoms with E-state index in [0.717, 1.165) is 22.3 Å². The lowest BCUT2D eigenvalue weighted by molar-refractivity contribution is 0.0595. The molecule has 0 fully saturated rings. The molecular formula is C20H22N2O3. The third kappa shape index (κ3) is 3.94. The Morgan fingerprint density at radius 2 is 1.92 bits per heavy atom. The number of aromatic amines is 1. The van der Waals surface area contributed by atoms with E-state index >= 15 is 0 Å². The van der Waals surface area contributed by atoms with Gasteiger partial charge in [-0.2, -0.15) is 0 Å². The summed E-state index contributed by atoms with van der Waals surface area (Å²) < 4.78 is 10.7. The first kappa shape index (κ1) is 16.9. The topological polar surface area (TPSA) is 63.4 Å². The van der Waals surface area contributed by atoms with Crippen LogP contribution in [0.25, 0.3) is 10.9 Å². The fourth-order valence-electron chi connectivity index (χ4n) is 2.68. The minimum atomic E-state index is -0.398. The number of ether oxygens (including phenoxy) is 2. The molecule has 1 aromatic heterocycles. The van der Waals surface area contributed by atoms with Crippen LogP contribution >= 0.6 is 0 Å². The molecule has 0 unspecified atom stereocenters. The lowest BCUT2D eigenvalue weighted by Gasteiger charge is -2.14. The number of esters is 1. The molecule has 5 nitrogen and oxygen atoms in total. The summed E-state index contributed by atoms with van der Waals surface area (Å²) >= 11 is 0. The summed E-state index contributed by atoms with van der Waals surface area (Å²) in [5, 5.41) is 4.26. The Hall–Kier alpha value is -2.95. The number of methoxy groups -OCH3 is 1. The van der Waals surface area contributed by atoms with Crippen molar-refractivity contribution in [2.45, 2.75) is 26.5 Å². The predicted octanol–water partition coefficient (Wildman–Crippen LogP) is 4.35. The molecule has 0 bridgehead atoms. The highest BCUT2D eigenvalue weighted by atomic mass is 16.5. The van der Waals surface area contributed by atoms with Gasteiger partial charge in [0.1, 0.15) is 11.4 Å². The molecular weight excluding hydrogens is 316 g/mol. The summed E-state index contributed by atoms with van der Waals surface area (Å²) in [5.41, 5.74) is 3.35. The van der Waals surface area contributed by atoms with Crippen LogP contribution < -0.4 is 10.1 Å². The highest BCUT2D eigenvalue weighted by molar-refractivity contribution is 5.98. The largest absolute Gasteiger partial charge is 0.490 e. The van der Waals surface area contributed by atoms with Gasteiger partial charge >= 0.3 is 5.97 Å². The molecule has 2 N–H and O–H groups in total. The van der Waals surface area contributed by atoms with E-state index < -0.39 is 5.97 Å². The number of carbonyl (C=O) groups is 1. The first-order valence-corrected chi connectivity index (χ1v) is 8.26. The molecule has 5 heteroatoms. The molecule has 130 valence electrons. The monoisotopic (exact) mass is 338 g/mol. The zero-order valence-corrected chi connectivity index (χ0v) is 14.6. The summed E-state index contributed by atoms with van der Waals surface area (Å²) in [6, 6.07) is 15.9. The zero-order valence-electron chi connectivity index (χ0n) is 14.6.